The van der Waals surface area contributed by atoms with E-state index < -0.39 is 29.9 Å². The van der Waals surface area contributed by atoms with E-state index in [1.54, 1.807) is 0 Å². The molecule has 0 bridgehead atoms. The van der Waals surface area contributed by atoms with Gasteiger partial charge in [0.05, 0.1) is 5.56 Å². The summed E-state index contributed by atoms with van der Waals surface area (Å²) in [5.74, 6) is -2.83. The van der Waals surface area contributed by atoms with Crippen LogP contribution in [0.25, 0.3) is 0 Å². The number of carbonyl (C=O) groups is 3. The van der Waals surface area contributed by atoms with Crippen molar-refractivity contribution in [2.45, 2.75) is 19.2 Å². The molecule has 21 heavy (non-hydrogen) atoms. The summed E-state index contributed by atoms with van der Waals surface area (Å²) in [6.45, 7) is 0. The molecule has 1 aliphatic heterocycles. The normalized spacial score (nSPS) is 15.3. The first kappa shape index (κ1) is 14.8. The molecule has 2 amide bonds. The third-order valence-electron chi connectivity index (χ3n) is 2.50. The molecule has 1 aromatic carbocycles. The molecular formula is C12H8F3NO5. The monoisotopic (exact) mass is 303 g/mol. The van der Waals surface area contributed by atoms with E-state index in [0.717, 1.165) is 24.3 Å². The number of halogens is 3. The molecule has 1 saturated heterocycles. The van der Waals surface area contributed by atoms with Gasteiger partial charge in [-0.1, -0.05) is 0 Å². The second-order valence-corrected chi connectivity index (χ2v) is 4.03. The van der Waals surface area contributed by atoms with E-state index in [1.807, 2.05) is 0 Å². The van der Waals surface area contributed by atoms with Gasteiger partial charge >= 0.3 is 12.3 Å². The molecule has 0 atom stereocenters. The zero-order valence-corrected chi connectivity index (χ0v) is 10.3. The van der Waals surface area contributed by atoms with Gasteiger partial charge in [-0.2, -0.15) is 0 Å². The number of carbonyl (C=O) groups excluding carboxylic acids is 3. The summed E-state index contributed by atoms with van der Waals surface area (Å²) < 4.78 is 39.5. The summed E-state index contributed by atoms with van der Waals surface area (Å²) in [6.07, 6.45) is -4.94. The fraction of sp³-hybridized carbons (Fsp3) is 0.250. The lowest BCUT2D eigenvalue weighted by Gasteiger charge is -2.13. The summed E-state index contributed by atoms with van der Waals surface area (Å²) >= 11 is 0. The van der Waals surface area contributed by atoms with Crippen molar-refractivity contribution in [3.63, 3.8) is 0 Å². The topological polar surface area (TPSA) is 72.9 Å². The molecule has 0 N–H and O–H groups in total. The van der Waals surface area contributed by atoms with Crippen molar-refractivity contribution in [3.8, 4) is 5.75 Å². The quantitative estimate of drug-likeness (QED) is 0.796. The largest absolute Gasteiger partial charge is 0.573 e. The molecule has 0 spiro atoms. The summed E-state index contributed by atoms with van der Waals surface area (Å²) in [5.41, 5.74) is -0.128. The van der Waals surface area contributed by atoms with Gasteiger partial charge < -0.3 is 9.57 Å². The molecule has 0 radical (unpaired) electrons. The molecule has 112 valence electrons. The highest BCUT2D eigenvalue weighted by atomic mass is 19.4. The molecule has 9 heteroatoms. The van der Waals surface area contributed by atoms with Crippen molar-refractivity contribution >= 4 is 17.8 Å². The second-order valence-electron chi connectivity index (χ2n) is 4.03. The van der Waals surface area contributed by atoms with Gasteiger partial charge in [0.25, 0.3) is 11.8 Å². The SMILES string of the molecule is O=C(ON1C(=O)CCC1=O)c1ccc(OC(F)(F)F)cc1. The fourth-order valence-electron chi connectivity index (χ4n) is 1.59. The first-order valence-electron chi connectivity index (χ1n) is 5.70. The van der Waals surface area contributed by atoms with Crippen molar-refractivity contribution < 1.29 is 37.1 Å². The number of ether oxygens (including phenoxy) is 1. The van der Waals surface area contributed by atoms with Crippen LogP contribution in [0.4, 0.5) is 13.2 Å². The predicted molar refractivity (Wildman–Crippen MR) is 59.6 cm³/mol. The maximum atomic E-state index is 12.0. The van der Waals surface area contributed by atoms with Crippen LogP contribution in [-0.2, 0) is 14.4 Å². The predicted octanol–water partition coefficient (Wildman–Crippen LogP) is 1.81. The Labute approximate surface area is 116 Å². The van der Waals surface area contributed by atoms with Crippen molar-refractivity contribution in [3.05, 3.63) is 29.8 Å². The number of alkyl halides is 3. The van der Waals surface area contributed by atoms with Crippen molar-refractivity contribution in [1.82, 2.24) is 5.06 Å². The van der Waals surface area contributed by atoms with Gasteiger partial charge in [-0.3, -0.25) is 9.59 Å². The maximum absolute atomic E-state index is 12.0. The van der Waals surface area contributed by atoms with Crippen LogP contribution in [0.2, 0.25) is 0 Å². The Kier molecular flexibility index (Phi) is 3.83. The molecule has 1 aliphatic rings. The minimum Gasteiger partial charge on any atom is -0.406 e. The number of nitrogens with zero attached hydrogens (tertiary/aromatic N) is 1. The van der Waals surface area contributed by atoms with Gasteiger partial charge in [0, 0.05) is 12.8 Å². The number of hydrogen-bond acceptors (Lipinski definition) is 5. The van der Waals surface area contributed by atoms with Crippen LogP contribution in [-0.4, -0.2) is 29.2 Å². The van der Waals surface area contributed by atoms with Gasteiger partial charge in [-0.05, 0) is 24.3 Å². The number of rotatable bonds is 3. The average Bonchev–Trinajstić information content (AvgIpc) is 2.69. The third-order valence-corrected chi connectivity index (χ3v) is 2.50. The Morgan fingerprint density at radius 1 is 1.05 bits per heavy atom. The third kappa shape index (κ3) is 3.71. The molecule has 1 heterocycles. The highest BCUT2D eigenvalue weighted by Crippen LogP contribution is 2.23. The molecule has 1 aromatic rings. The zero-order chi connectivity index (χ0) is 15.6. The Hall–Kier alpha value is -2.58. The van der Waals surface area contributed by atoms with Crippen molar-refractivity contribution in [2.75, 3.05) is 0 Å². The Balaban J connectivity index is 2.03. The van der Waals surface area contributed by atoms with E-state index in [1.165, 1.54) is 0 Å². The van der Waals surface area contributed by atoms with Crippen LogP contribution < -0.4 is 4.74 Å². The van der Waals surface area contributed by atoms with E-state index >= 15 is 0 Å². The lowest BCUT2D eigenvalue weighted by molar-refractivity contribution is -0.274. The summed E-state index contributed by atoms with van der Waals surface area (Å²) in [5, 5.41) is 0.350. The lowest BCUT2D eigenvalue weighted by atomic mass is 10.2. The average molecular weight is 303 g/mol. The van der Waals surface area contributed by atoms with Crippen LogP contribution in [0.5, 0.6) is 5.75 Å². The van der Waals surface area contributed by atoms with Crippen LogP contribution >= 0.6 is 0 Å². The maximum Gasteiger partial charge on any atom is 0.573 e. The molecule has 0 aromatic heterocycles. The van der Waals surface area contributed by atoms with E-state index in [-0.39, 0.29) is 18.4 Å². The zero-order valence-electron chi connectivity index (χ0n) is 10.3. The van der Waals surface area contributed by atoms with Gasteiger partial charge in [0.2, 0.25) is 0 Å². The number of hydrogen-bond donors (Lipinski definition) is 0. The smallest absolute Gasteiger partial charge is 0.406 e. The van der Waals surface area contributed by atoms with Crippen molar-refractivity contribution in [1.29, 1.82) is 0 Å². The molecule has 2 rings (SSSR count). The molecule has 1 fully saturated rings. The van der Waals surface area contributed by atoms with Gasteiger partial charge in [0.15, 0.2) is 0 Å². The first-order chi connectivity index (χ1) is 9.76. The second kappa shape index (κ2) is 5.43. The molecular weight excluding hydrogens is 295 g/mol. The number of benzene rings is 1. The van der Waals surface area contributed by atoms with Gasteiger partial charge in [-0.25, -0.2) is 4.79 Å². The summed E-state index contributed by atoms with van der Waals surface area (Å²) in [7, 11) is 0. The Morgan fingerprint density at radius 2 is 1.57 bits per heavy atom. The number of amides is 2. The van der Waals surface area contributed by atoms with Crippen LogP contribution in [0.3, 0.4) is 0 Å². The first-order valence-corrected chi connectivity index (χ1v) is 5.70. The molecule has 6 nitrogen and oxygen atoms in total. The number of hydroxylamine groups is 2. The highest BCUT2D eigenvalue weighted by Gasteiger charge is 2.33. The lowest BCUT2D eigenvalue weighted by Crippen LogP contribution is -2.32. The summed E-state index contributed by atoms with van der Waals surface area (Å²) in [6, 6.07) is 3.87. The van der Waals surface area contributed by atoms with E-state index in [2.05, 4.69) is 9.57 Å². The Morgan fingerprint density at radius 3 is 2.05 bits per heavy atom. The Bertz CT molecular complexity index is 566. The standard InChI is InChI=1S/C12H8F3NO5/c13-12(14,15)20-8-3-1-7(2-4-8)11(19)21-16-9(17)5-6-10(16)18/h1-4H,5-6H2. The van der Waals surface area contributed by atoms with Crippen LogP contribution in [0, 0.1) is 0 Å². The van der Waals surface area contributed by atoms with Gasteiger partial charge in [0.1, 0.15) is 5.75 Å². The molecule has 0 saturated carbocycles. The fourth-order valence-corrected chi connectivity index (χ4v) is 1.59. The summed E-state index contributed by atoms with van der Waals surface area (Å²) in [4.78, 5) is 38.7. The van der Waals surface area contributed by atoms with E-state index in [9.17, 15) is 27.6 Å². The van der Waals surface area contributed by atoms with Crippen molar-refractivity contribution in [2.24, 2.45) is 0 Å². The van der Waals surface area contributed by atoms with E-state index in [0.29, 0.717) is 5.06 Å². The van der Waals surface area contributed by atoms with E-state index in [4.69, 9.17) is 0 Å². The van der Waals surface area contributed by atoms with Crippen LogP contribution in [0.1, 0.15) is 23.2 Å². The molecule has 0 unspecified atom stereocenters. The number of imide groups is 1. The minimum atomic E-state index is -4.84. The minimum absolute atomic E-state index is 0.0511. The van der Waals surface area contributed by atoms with Crippen LogP contribution in [0.15, 0.2) is 24.3 Å². The van der Waals surface area contributed by atoms with Gasteiger partial charge in [-0.15, -0.1) is 18.2 Å². The highest BCUT2D eigenvalue weighted by molar-refractivity contribution is 6.02. The molecule has 0 aliphatic carbocycles.